The molecule has 2 saturated carbocycles. The number of aliphatic carboxylic acids is 2. The van der Waals surface area contributed by atoms with Gasteiger partial charge in [-0.25, -0.2) is 48.7 Å². The fourth-order valence-corrected chi connectivity index (χ4v) is 10.6. The third-order valence-electron chi connectivity index (χ3n) is 15.4. The maximum absolute atomic E-state index is 12.7. The van der Waals surface area contributed by atoms with Crippen LogP contribution < -0.4 is 20.1 Å². The fourth-order valence-electron chi connectivity index (χ4n) is 10.4. The molecule has 4 N–H and O–H groups in total. The van der Waals surface area contributed by atoms with Gasteiger partial charge in [-0.2, -0.15) is 19.2 Å². The molecule has 2 aromatic heterocycles. The van der Waals surface area contributed by atoms with Crippen LogP contribution in [0.3, 0.4) is 0 Å². The molecule has 2 aliphatic heterocycles. The van der Waals surface area contributed by atoms with Gasteiger partial charge in [0.05, 0.1) is 35.2 Å². The molecule has 10 atom stereocenters. The summed E-state index contributed by atoms with van der Waals surface area (Å²) in [5.41, 5.74) is 3.18. The van der Waals surface area contributed by atoms with Crippen molar-refractivity contribution in [3.63, 3.8) is 0 Å². The van der Waals surface area contributed by atoms with Crippen LogP contribution in [0.1, 0.15) is 178 Å². The summed E-state index contributed by atoms with van der Waals surface area (Å²) in [5.74, 6) is 8.02. The zero-order valence-corrected chi connectivity index (χ0v) is 59.0. The number of terminal acetylenes is 1. The minimum Gasteiger partial charge on any atom is -0.480 e. The first-order valence-corrected chi connectivity index (χ1v) is 32.4. The summed E-state index contributed by atoms with van der Waals surface area (Å²) in [6.45, 7) is 30.4. The summed E-state index contributed by atoms with van der Waals surface area (Å²) in [6.07, 6.45) is 10.6. The van der Waals surface area contributed by atoms with Crippen molar-refractivity contribution < 1.29 is 86.6 Å². The van der Waals surface area contributed by atoms with Crippen LogP contribution in [0.15, 0.2) is 36.4 Å². The van der Waals surface area contributed by atoms with E-state index in [4.69, 9.17) is 80.7 Å². The van der Waals surface area contributed by atoms with Crippen LogP contribution in [0.25, 0.3) is 22.1 Å². The molecule has 97 heavy (non-hydrogen) atoms. The molecular weight excluding hydrogens is 1280 g/mol. The maximum Gasteiger partial charge on any atom is 0.410 e. The lowest BCUT2D eigenvalue weighted by Crippen LogP contribution is -2.49. The van der Waals surface area contributed by atoms with Crippen molar-refractivity contribution in [3.8, 4) is 35.9 Å². The highest BCUT2D eigenvalue weighted by molar-refractivity contribution is 6.31. The Morgan fingerprint density at radius 1 is 0.598 bits per heavy atom. The Balaban J connectivity index is 0.000000324. The molecule has 26 nitrogen and oxygen atoms in total. The van der Waals surface area contributed by atoms with E-state index in [0.717, 1.165) is 72.6 Å². The van der Waals surface area contributed by atoms with Crippen LogP contribution >= 0.6 is 11.6 Å². The van der Waals surface area contributed by atoms with Gasteiger partial charge in [0.2, 0.25) is 5.88 Å². The van der Waals surface area contributed by atoms with Crippen LogP contribution in [0.5, 0.6) is 11.8 Å². The van der Waals surface area contributed by atoms with Crippen molar-refractivity contribution in [2.45, 2.75) is 235 Å². The second kappa shape index (κ2) is 35.8. The number of amides is 4. The highest BCUT2D eigenvalue weighted by Gasteiger charge is 2.44. The zero-order valence-electron chi connectivity index (χ0n) is 58.3. The number of carbonyl (C=O) groups excluding carboxylic acids is 8. The van der Waals surface area contributed by atoms with E-state index in [0.29, 0.717) is 61.2 Å². The van der Waals surface area contributed by atoms with Crippen LogP contribution in [0, 0.1) is 60.7 Å². The molecule has 8 rings (SSSR count). The third-order valence-corrected chi connectivity index (χ3v) is 15.6. The van der Waals surface area contributed by atoms with E-state index >= 15 is 0 Å². The Morgan fingerprint density at radius 2 is 0.990 bits per heavy atom. The Kier molecular flexibility index (Phi) is 29.6. The quantitative estimate of drug-likeness (QED) is 0.0460. The second-order valence-corrected chi connectivity index (χ2v) is 28.9. The van der Waals surface area contributed by atoms with Gasteiger partial charge in [-0.05, 0) is 172 Å². The third kappa shape index (κ3) is 27.2. The molecule has 4 aromatic rings. The average molecular weight is 1370 g/mol. The Morgan fingerprint density at radius 3 is 1.38 bits per heavy atom. The average Bonchev–Trinajstić information content (AvgIpc) is 1.79. The molecule has 4 heterocycles. The van der Waals surface area contributed by atoms with E-state index in [1.54, 1.807) is 51.3 Å². The van der Waals surface area contributed by atoms with Gasteiger partial charge in [-0.3, -0.25) is 0 Å². The molecule has 4 amide bonds. The normalized spacial score (nSPS) is 20.4. The van der Waals surface area contributed by atoms with Crippen molar-refractivity contribution >= 4 is 82.3 Å². The standard InChI is InChI=1S/C34H46N4O7.C19H24ClN3O3.C15H23NO4.2CO2/c1-20-14-15-24-26(16-20)36-29(43-23-17-21(2)38(19-23)32(42)45-34(6,7)8)25(35-24)13-11-9-10-12-22-18-27(22)44-31(41)37-28(30(39)40)33(3,4)5;1-11-6-7-14-15(8-11)22-17(16(20)21-14)25-13-9-12(2)23(10-13)18(24)26-19(3,4)5;1-5-6-7-8-10-9-11(10)20-14(19)16-12(13(17)18)15(2,3)4;2*2-1-3/h14-16,21-23,27-28H,9-10,12,17-19H2,1-8H3,(H,37,41)(H,39,40);6-8,12-13H,9-10H2,1-5H3;1,10-12H,6-9H2,2-4H3,(H,16,19)(H,17,18);;/t21-,22-,23-,27-,28-;12-,13-;10-,11-,12-;;/m111../s1. The number of ether oxygens (including phenoxy) is 6. The number of fused-ring (bicyclic) bond motifs is 2. The fraction of sp³-hybridized carbons (Fsp3) is 0.600. The Hall–Kier alpha value is -9.09. The van der Waals surface area contributed by atoms with Gasteiger partial charge < -0.3 is 59.1 Å². The number of benzene rings is 2. The predicted octanol–water partition coefficient (Wildman–Crippen LogP) is 11.5. The summed E-state index contributed by atoms with van der Waals surface area (Å²) in [6, 6.07) is 9.61. The maximum atomic E-state index is 12.7. The summed E-state index contributed by atoms with van der Waals surface area (Å²) in [4.78, 5) is 126. The predicted molar refractivity (Wildman–Crippen MR) is 355 cm³/mol. The molecule has 2 saturated heterocycles. The Bertz CT molecular complexity index is 3570. The highest BCUT2D eigenvalue weighted by atomic mass is 35.5. The number of unbranched alkanes of at least 4 members (excludes halogenated alkanes) is 2. The van der Waals surface area contributed by atoms with E-state index in [-0.39, 0.29) is 72.1 Å². The van der Waals surface area contributed by atoms with Gasteiger partial charge in [0, 0.05) is 37.8 Å². The lowest BCUT2D eigenvalue weighted by molar-refractivity contribution is -0.193. The van der Waals surface area contributed by atoms with Gasteiger partial charge in [-0.15, -0.1) is 12.3 Å². The summed E-state index contributed by atoms with van der Waals surface area (Å²) >= 11 is 6.24. The molecule has 4 fully saturated rings. The number of aromatic nitrogens is 4. The number of carboxylic acid groups (broad SMARTS) is 2. The SMILES string of the molecule is C#CCCC[C@@H]1C[C@H]1OC(=O)N[C@H](C(=O)O)C(C)(C)C.Cc1ccc2nc(C#CCCC[C@@H]3C[C@H]3OC(=O)N[C@H](C(=O)O)C(C)(C)C)c(O[C@@H]3C[C@@H](C)N(C(=O)OC(C)(C)C)C3)nc2c1.Cc1ccc2nc(Cl)c(O[C@@H]3C[C@@H](C)N(C(=O)OC(C)(C)C)C3)nc2c1.O=C=O.O=C=O. The number of carboxylic acids is 2. The molecule has 0 spiro atoms. The lowest BCUT2D eigenvalue weighted by Gasteiger charge is -2.27. The number of alkyl carbamates (subject to hydrolysis) is 2. The topological polar surface area (TPSA) is 349 Å². The van der Waals surface area contributed by atoms with E-state index < -0.39 is 58.2 Å². The van der Waals surface area contributed by atoms with Crippen molar-refractivity contribution in [1.82, 2.24) is 40.4 Å². The lowest BCUT2D eigenvalue weighted by atomic mass is 9.87. The molecule has 0 radical (unpaired) electrons. The molecule has 27 heteroatoms. The van der Waals surface area contributed by atoms with Gasteiger partial charge in [0.15, 0.2) is 10.8 Å². The van der Waals surface area contributed by atoms with E-state index in [9.17, 15) is 33.9 Å². The smallest absolute Gasteiger partial charge is 0.410 e. The number of hydrogen-bond acceptors (Lipinski definition) is 20. The monoisotopic (exact) mass is 1370 g/mol. The van der Waals surface area contributed by atoms with Crippen LogP contribution in [-0.4, -0.2) is 161 Å². The number of rotatable bonds is 16. The number of carbonyl (C=O) groups is 6. The van der Waals surface area contributed by atoms with Crippen molar-refractivity contribution in [3.05, 3.63) is 58.4 Å². The molecule has 4 aliphatic rings. The molecule has 2 aliphatic carbocycles. The number of nitrogens with one attached hydrogen (secondary N) is 2. The number of likely N-dealkylation sites (tertiary alicyclic amines) is 2. The number of nitrogens with zero attached hydrogens (tertiary/aromatic N) is 6. The molecule has 0 bridgehead atoms. The largest absolute Gasteiger partial charge is 0.480 e. The van der Waals surface area contributed by atoms with Gasteiger partial charge in [-0.1, -0.05) is 71.2 Å². The minimum absolute atomic E-state index is 0.0179. The summed E-state index contributed by atoms with van der Waals surface area (Å²) < 4.78 is 34.0. The zero-order chi connectivity index (χ0) is 72.9. The van der Waals surface area contributed by atoms with Crippen molar-refractivity contribution in [2.24, 2.45) is 22.7 Å². The first kappa shape index (κ1) is 80.3. The number of halogens is 1. The molecular formula is C70H93ClN8O18. The van der Waals surface area contributed by atoms with E-state index in [2.05, 4.69) is 38.4 Å². The summed E-state index contributed by atoms with van der Waals surface area (Å²) in [7, 11) is 0. The van der Waals surface area contributed by atoms with Crippen LogP contribution in [-0.2, 0) is 47.7 Å². The first-order valence-electron chi connectivity index (χ1n) is 32.1. The highest BCUT2D eigenvalue weighted by Crippen LogP contribution is 2.40. The molecule has 528 valence electrons. The molecule has 2 aromatic carbocycles. The van der Waals surface area contributed by atoms with E-state index in [1.165, 1.54) is 0 Å². The van der Waals surface area contributed by atoms with Gasteiger partial charge in [0.1, 0.15) is 47.7 Å². The Labute approximate surface area is 571 Å². The van der Waals surface area contributed by atoms with Crippen molar-refractivity contribution in [2.75, 3.05) is 13.1 Å². The first-order chi connectivity index (χ1) is 45.2. The number of hydrogen-bond donors (Lipinski definition) is 4. The van der Waals surface area contributed by atoms with Crippen LogP contribution in [0.4, 0.5) is 19.2 Å². The van der Waals surface area contributed by atoms with Gasteiger partial charge in [0.25, 0.3) is 5.88 Å². The second-order valence-electron chi connectivity index (χ2n) is 28.5. The van der Waals surface area contributed by atoms with Crippen molar-refractivity contribution in [1.29, 1.82) is 0 Å². The molecule has 0 unspecified atom stereocenters. The van der Waals surface area contributed by atoms with Crippen LogP contribution in [0.2, 0.25) is 5.15 Å². The van der Waals surface area contributed by atoms with Gasteiger partial charge >= 0.3 is 48.6 Å². The number of aryl methyl sites for hydroxylation is 2. The minimum atomic E-state index is -1.09. The van der Waals surface area contributed by atoms with E-state index in [1.807, 2.05) is 106 Å². The summed E-state index contributed by atoms with van der Waals surface area (Å²) in [5, 5.41) is 23.7.